The maximum Gasteiger partial charge on any atom is 0.125 e. The highest BCUT2D eigenvalue weighted by Crippen LogP contribution is 2.35. The van der Waals surface area contributed by atoms with Crippen LogP contribution in [0, 0.1) is 5.82 Å². The summed E-state index contributed by atoms with van der Waals surface area (Å²) in [7, 11) is 0. The molecule has 0 saturated heterocycles. The zero-order chi connectivity index (χ0) is 12.5. The summed E-state index contributed by atoms with van der Waals surface area (Å²) in [6, 6.07) is 12.2. The summed E-state index contributed by atoms with van der Waals surface area (Å²) in [6.07, 6.45) is 0. The van der Waals surface area contributed by atoms with Crippen LogP contribution in [0.25, 0.3) is 0 Å². The highest BCUT2D eigenvalue weighted by atomic mass is 19.1. The molecule has 0 amide bonds. The fourth-order valence-corrected chi connectivity index (χ4v) is 2.13. The molecule has 1 unspecified atom stereocenters. The minimum absolute atomic E-state index is 0.0500. The van der Waals surface area contributed by atoms with Crippen LogP contribution in [0.5, 0.6) is 5.75 Å². The van der Waals surface area contributed by atoms with E-state index >= 15 is 0 Å². The lowest BCUT2D eigenvalue weighted by Gasteiger charge is -2.15. The molecule has 2 aromatic rings. The summed E-state index contributed by atoms with van der Waals surface area (Å²) in [4.78, 5) is 0. The minimum Gasteiger partial charge on any atom is -0.491 e. The summed E-state index contributed by atoms with van der Waals surface area (Å²) in [5.41, 5.74) is 8.00. The van der Waals surface area contributed by atoms with E-state index in [9.17, 15) is 4.39 Å². The average molecular weight is 244 g/mol. The Hall–Kier alpha value is -2.23. The molecular weight excluding hydrogens is 231 g/mol. The summed E-state index contributed by atoms with van der Waals surface area (Å²) >= 11 is 0. The van der Waals surface area contributed by atoms with Gasteiger partial charge in [-0.3, -0.25) is 0 Å². The van der Waals surface area contributed by atoms with Gasteiger partial charge in [0.15, 0.2) is 0 Å². The number of halogens is 1. The SMILES string of the molecule is Nc1cc(F)ccc1NC1COc2ccccc21. The molecule has 0 saturated carbocycles. The van der Waals surface area contributed by atoms with Crippen LogP contribution in [0.4, 0.5) is 15.8 Å². The summed E-state index contributed by atoms with van der Waals surface area (Å²) in [5.74, 6) is 0.553. The third-order valence-electron chi connectivity index (χ3n) is 3.04. The van der Waals surface area contributed by atoms with Crippen molar-refractivity contribution in [1.29, 1.82) is 0 Å². The van der Waals surface area contributed by atoms with Crippen LogP contribution < -0.4 is 15.8 Å². The monoisotopic (exact) mass is 244 g/mol. The molecular formula is C14H13FN2O. The van der Waals surface area contributed by atoms with Crippen molar-refractivity contribution in [3.05, 3.63) is 53.8 Å². The summed E-state index contributed by atoms with van der Waals surface area (Å²) < 4.78 is 18.5. The van der Waals surface area contributed by atoms with Crippen molar-refractivity contribution in [2.75, 3.05) is 17.7 Å². The fourth-order valence-electron chi connectivity index (χ4n) is 2.13. The molecule has 4 heteroatoms. The number of hydrogen-bond donors (Lipinski definition) is 2. The number of rotatable bonds is 2. The van der Waals surface area contributed by atoms with E-state index in [1.807, 2.05) is 24.3 Å². The summed E-state index contributed by atoms with van der Waals surface area (Å²) in [5, 5.41) is 3.28. The first-order chi connectivity index (χ1) is 8.74. The molecule has 1 heterocycles. The van der Waals surface area contributed by atoms with Crippen LogP contribution in [-0.4, -0.2) is 6.61 Å². The van der Waals surface area contributed by atoms with Crippen molar-refractivity contribution in [2.24, 2.45) is 0 Å². The first kappa shape index (κ1) is 10.9. The van der Waals surface area contributed by atoms with Gasteiger partial charge in [-0.15, -0.1) is 0 Å². The van der Waals surface area contributed by atoms with Crippen molar-refractivity contribution < 1.29 is 9.13 Å². The van der Waals surface area contributed by atoms with E-state index in [0.717, 1.165) is 17.0 Å². The van der Waals surface area contributed by atoms with Crippen molar-refractivity contribution in [2.45, 2.75) is 6.04 Å². The lowest BCUT2D eigenvalue weighted by Crippen LogP contribution is -2.13. The predicted molar refractivity (Wildman–Crippen MR) is 69.1 cm³/mol. The molecule has 0 aliphatic carbocycles. The van der Waals surface area contributed by atoms with Crippen LogP contribution in [0.2, 0.25) is 0 Å². The second-order valence-electron chi connectivity index (χ2n) is 4.28. The average Bonchev–Trinajstić information content (AvgIpc) is 2.76. The zero-order valence-electron chi connectivity index (χ0n) is 9.69. The number of nitrogens with two attached hydrogens (primary N) is 1. The van der Waals surface area contributed by atoms with E-state index in [-0.39, 0.29) is 11.9 Å². The van der Waals surface area contributed by atoms with Gasteiger partial charge in [0.25, 0.3) is 0 Å². The van der Waals surface area contributed by atoms with Gasteiger partial charge in [-0.05, 0) is 24.3 Å². The van der Waals surface area contributed by atoms with Gasteiger partial charge in [0, 0.05) is 5.56 Å². The predicted octanol–water partition coefficient (Wildman–Crippen LogP) is 2.95. The molecule has 92 valence electrons. The molecule has 0 radical (unpaired) electrons. The molecule has 3 rings (SSSR count). The van der Waals surface area contributed by atoms with Gasteiger partial charge >= 0.3 is 0 Å². The maximum absolute atomic E-state index is 13.0. The number of hydrogen-bond acceptors (Lipinski definition) is 3. The molecule has 0 spiro atoms. The van der Waals surface area contributed by atoms with E-state index in [1.165, 1.54) is 12.1 Å². The third kappa shape index (κ3) is 1.86. The van der Waals surface area contributed by atoms with Crippen molar-refractivity contribution in [3.63, 3.8) is 0 Å². The Labute approximate surface area is 104 Å². The van der Waals surface area contributed by atoms with Crippen molar-refractivity contribution >= 4 is 11.4 Å². The lowest BCUT2D eigenvalue weighted by atomic mass is 10.1. The van der Waals surface area contributed by atoms with Crippen molar-refractivity contribution in [1.82, 2.24) is 0 Å². The normalized spacial score (nSPS) is 17.1. The molecule has 0 bridgehead atoms. The first-order valence-electron chi connectivity index (χ1n) is 5.77. The minimum atomic E-state index is -0.332. The molecule has 1 aliphatic heterocycles. The number of nitrogens with one attached hydrogen (secondary N) is 1. The molecule has 3 N–H and O–H groups in total. The highest BCUT2D eigenvalue weighted by Gasteiger charge is 2.23. The van der Waals surface area contributed by atoms with Gasteiger partial charge in [0.2, 0.25) is 0 Å². The van der Waals surface area contributed by atoms with Gasteiger partial charge in [-0.1, -0.05) is 18.2 Å². The topological polar surface area (TPSA) is 47.3 Å². The first-order valence-corrected chi connectivity index (χ1v) is 5.77. The van der Waals surface area contributed by atoms with Gasteiger partial charge < -0.3 is 15.8 Å². The van der Waals surface area contributed by atoms with Gasteiger partial charge in [-0.25, -0.2) is 4.39 Å². The van der Waals surface area contributed by atoms with E-state index in [2.05, 4.69) is 5.32 Å². The zero-order valence-corrected chi connectivity index (χ0v) is 9.69. The largest absolute Gasteiger partial charge is 0.491 e. The summed E-state index contributed by atoms with van der Waals surface area (Å²) in [6.45, 7) is 0.552. The van der Waals surface area contributed by atoms with Gasteiger partial charge in [0.1, 0.15) is 18.2 Å². The van der Waals surface area contributed by atoms with E-state index in [1.54, 1.807) is 6.07 Å². The van der Waals surface area contributed by atoms with E-state index in [4.69, 9.17) is 10.5 Å². The molecule has 18 heavy (non-hydrogen) atoms. The van der Waals surface area contributed by atoms with Gasteiger partial charge in [0.05, 0.1) is 17.4 Å². The molecule has 0 aromatic heterocycles. The number of fused-ring (bicyclic) bond motifs is 1. The number of anilines is 2. The second kappa shape index (κ2) is 4.22. The van der Waals surface area contributed by atoms with Crippen LogP contribution in [0.1, 0.15) is 11.6 Å². The molecule has 3 nitrogen and oxygen atoms in total. The number of ether oxygens (including phenoxy) is 1. The fraction of sp³-hybridized carbons (Fsp3) is 0.143. The highest BCUT2D eigenvalue weighted by molar-refractivity contribution is 5.67. The quantitative estimate of drug-likeness (QED) is 0.798. The Kier molecular flexibility index (Phi) is 2.55. The molecule has 1 aliphatic rings. The lowest BCUT2D eigenvalue weighted by molar-refractivity contribution is 0.340. The standard InChI is InChI=1S/C14H13FN2O/c15-9-5-6-12(11(16)7-9)17-13-8-18-14-4-2-1-3-10(13)14/h1-7,13,17H,8,16H2. The molecule has 1 atom stereocenters. The van der Waals surface area contributed by atoms with Gasteiger partial charge in [-0.2, -0.15) is 0 Å². The van der Waals surface area contributed by atoms with Crippen LogP contribution >= 0.6 is 0 Å². The number of para-hydroxylation sites is 1. The molecule has 2 aromatic carbocycles. The Bertz CT molecular complexity index is 586. The van der Waals surface area contributed by atoms with Crippen LogP contribution in [0.3, 0.4) is 0 Å². The smallest absolute Gasteiger partial charge is 0.125 e. The Balaban J connectivity index is 1.86. The Morgan fingerprint density at radius 2 is 2.06 bits per heavy atom. The Morgan fingerprint density at radius 3 is 2.89 bits per heavy atom. The third-order valence-corrected chi connectivity index (χ3v) is 3.04. The second-order valence-corrected chi connectivity index (χ2v) is 4.28. The number of benzene rings is 2. The van der Waals surface area contributed by atoms with Crippen LogP contribution in [-0.2, 0) is 0 Å². The van der Waals surface area contributed by atoms with Crippen molar-refractivity contribution in [3.8, 4) is 5.75 Å². The molecule has 0 fully saturated rings. The number of nitrogen functional groups attached to an aromatic ring is 1. The maximum atomic E-state index is 13.0. The Morgan fingerprint density at radius 1 is 1.22 bits per heavy atom. The van der Waals surface area contributed by atoms with E-state index < -0.39 is 0 Å². The van der Waals surface area contributed by atoms with Crippen LogP contribution in [0.15, 0.2) is 42.5 Å². The van der Waals surface area contributed by atoms with E-state index in [0.29, 0.717) is 12.3 Å².